The van der Waals surface area contributed by atoms with Gasteiger partial charge in [0.2, 0.25) is 0 Å². The molecule has 62 heavy (non-hydrogen) atoms. The van der Waals surface area contributed by atoms with E-state index in [0.717, 1.165) is 50.6 Å². The first-order valence-electron chi connectivity index (χ1n) is 20.9. The summed E-state index contributed by atoms with van der Waals surface area (Å²) in [6.45, 7) is 5.36. The SMILES string of the molecule is COC[C@H]1C[C@@H](c2nc3c(ccc4cc(-c5ccc(-c6cnc([C@]7(C(=O)[C@@H](NC(=O)OC)C(C)C)CCCN7)[nH]6)cc5)ccc43)[nH]2)N(C(=O)[C@H](NC(=O)OC)c2ccccc2)C1. The summed E-state index contributed by atoms with van der Waals surface area (Å²) in [6.07, 6.45) is 2.39. The van der Waals surface area contributed by atoms with Crippen LogP contribution in [-0.4, -0.2) is 95.8 Å². The first-order chi connectivity index (χ1) is 30.0. The molecule has 2 aromatic heterocycles. The number of nitrogens with one attached hydrogen (secondary N) is 5. The number of rotatable bonds is 13. The third-order valence-corrected chi connectivity index (χ3v) is 12.2. The van der Waals surface area contributed by atoms with Crippen molar-refractivity contribution in [1.82, 2.24) is 40.8 Å². The Kier molecular flexibility index (Phi) is 12.1. The summed E-state index contributed by atoms with van der Waals surface area (Å²) >= 11 is 0. The maximum atomic E-state index is 14.3. The number of hydrogen-bond acceptors (Lipinski definition) is 10. The number of ketones is 1. The Morgan fingerprint density at radius 3 is 2.29 bits per heavy atom. The van der Waals surface area contributed by atoms with Crippen molar-refractivity contribution in [3.63, 3.8) is 0 Å². The number of carbonyl (C=O) groups excluding carboxylic acids is 4. The lowest BCUT2D eigenvalue weighted by Crippen LogP contribution is -2.57. The number of aromatic nitrogens is 4. The number of likely N-dealkylation sites (tertiary alicyclic amines) is 1. The molecule has 322 valence electrons. The average Bonchev–Trinajstić information content (AvgIpc) is 4.14. The molecule has 4 heterocycles. The number of H-pyrrole nitrogens is 2. The Morgan fingerprint density at radius 2 is 1.60 bits per heavy atom. The molecule has 2 saturated heterocycles. The number of imidazole rings is 2. The topological polar surface area (TPSA) is 193 Å². The van der Waals surface area contributed by atoms with Gasteiger partial charge in [-0.1, -0.05) is 86.6 Å². The first-order valence-corrected chi connectivity index (χ1v) is 20.9. The predicted molar refractivity (Wildman–Crippen MR) is 234 cm³/mol. The zero-order valence-electron chi connectivity index (χ0n) is 35.5. The minimum Gasteiger partial charge on any atom is -0.453 e. The summed E-state index contributed by atoms with van der Waals surface area (Å²) in [5, 5.41) is 10.9. The van der Waals surface area contributed by atoms with Crippen LogP contribution in [0.3, 0.4) is 0 Å². The molecule has 15 heteroatoms. The highest BCUT2D eigenvalue weighted by Crippen LogP contribution is 2.39. The molecule has 0 spiro atoms. The number of benzene rings is 4. The zero-order valence-corrected chi connectivity index (χ0v) is 35.5. The summed E-state index contributed by atoms with van der Waals surface area (Å²) in [5.41, 5.74) is 4.99. The van der Waals surface area contributed by atoms with E-state index in [1.807, 2.05) is 62.4 Å². The number of aromatic amines is 2. The molecule has 15 nitrogen and oxygen atoms in total. The molecule has 0 saturated carbocycles. The van der Waals surface area contributed by atoms with Crippen molar-refractivity contribution < 1.29 is 33.4 Å². The van der Waals surface area contributed by atoms with Gasteiger partial charge in [-0.3, -0.25) is 14.9 Å². The number of methoxy groups -OCH3 is 3. The summed E-state index contributed by atoms with van der Waals surface area (Å²) in [7, 11) is 4.22. The molecule has 2 aliphatic heterocycles. The second-order valence-corrected chi connectivity index (χ2v) is 16.4. The Hall–Kier alpha value is -6.58. The Labute approximate surface area is 359 Å². The quantitative estimate of drug-likeness (QED) is 0.0814. The van der Waals surface area contributed by atoms with Crippen LogP contribution < -0.4 is 16.0 Å². The van der Waals surface area contributed by atoms with Crippen molar-refractivity contribution in [3.8, 4) is 22.4 Å². The molecule has 0 bridgehead atoms. The van der Waals surface area contributed by atoms with Crippen molar-refractivity contribution in [2.45, 2.75) is 56.8 Å². The summed E-state index contributed by atoms with van der Waals surface area (Å²) in [4.78, 5) is 71.5. The van der Waals surface area contributed by atoms with E-state index in [4.69, 9.17) is 24.2 Å². The van der Waals surface area contributed by atoms with E-state index in [1.165, 1.54) is 14.2 Å². The van der Waals surface area contributed by atoms with Gasteiger partial charge in [-0.2, -0.15) is 0 Å². The highest BCUT2D eigenvalue weighted by atomic mass is 16.5. The van der Waals surface area contributed by atoms with Crippen LogP contribution in [0.2, 0.25) is 0 Å². The molecule has 4 aromatic carbocycles. The highest BCUT2D eigenvalue weighted by Gasteiger charge is 2.49. The molecule has 2 fully saturated rings. The van der Waals surface area contributed by atoms with Crippen molar-refractivity contribution in [3.05, 3.63) is 108 Å². The van der Waals surface area contributed by atoms with Gasteiger partial charge in [-0.05, 0) is 71.5 Å². The van der Waals surface area contributed by atoms with Crippen molar-refractivity contribution in [2.75, 3.05) is 41.0 Å². The van der Waals surface area contributed by atoms with Crippen LogP contribution in [-0.2, 0) is 29.3 Å². The average molecular weight is 841 g/mol. The molecule has 5 N–H and O–H groups in total. The molecular weight excluding hydrogens is 789 g/mol. The lowest BCUT2D eigenvalue weighted by atomic mass is 9.83. The first kappa shape index (κ1) is 42.1. The molecule has 0 unspecified atom stereocenters. The monoisotopic (exact) mass is 840 g/mol. The number of carbonyl (C=O) groups is 4. The van der Waals surface area contributed by atoms with Gasteiger partial charge in [0.1, 0.15) is 23.2 Å². The largest absolute Gasteiger partial charge is 0.453 e. The minimum absolute atomic E-state index is 0.0715. The summed E-state index contributed by atoms with van der Waals surface area (Å²) < 4.78 is 15.2. The zero-order chi connectivity index (χ0) is 43.5. The van der Waals surface area contributed by atoms with Gasteiger partial charge >= 0.3 is 12.2 Å². The Bertz CT molecular complexity index is 2580. The maximum Gasteiger partial charge on any atom is 0.407 e. The summed E-state index contributed by atoms with van der Waals surface area (Å²) in [6, 6.07) is 25.6. The number of alkyl carbamates (subject to hydrolysis) is 2. The maximum absolute atomic E-state index is 14.3. The number of amides is 3. The molecule has 3 amide bonds. The van der Waals surface area contributed by atoms with E-state index in [-0.39, 0.29) is 29.6 Å². The molecule has 6 aromatic rings. The molecule has 5 atom stereocenters. The van der Waals surface area contributed by atoms with Gasteiger partial charge in [0.25, 0.3) is 5.91 Å². The van der Waals surface area contributed by atoms with Gasteiger partial charge in [0, 0.05) is 25.0 Å². The molecule has 2 aliphatic rings. The van der Waals surface area contributed by atoms with E-state index in [9.17, 15) is 19.2 Å². The van der Waals surface area contributed by atoms with Crippen LogP contribution >= 0.6 is 0 Å². The fourth-order valence-corrected chi connectivity index (χ4v) is 9.00. The smallest absolute Gasteiger partial charge is 0.407 e. The lowest BCUT2D eigenvalue weighted by molar-refractivity contribution is -0.134. The molecule has 8 rings (SSSR count). The normalized spacial score (nSPS) is 19.7. The Balaban J connectivity index is 1.04. The predicted octanol–water partition coefficient (Wildman–Crippen LogP) is 6.93. The lowest BCUT2D eigenvalue weighted by Gasteiger charge is -2.32. The second kappa shape index (κ2) is 17.8. The number of fused-ring (bicyclic) bond motifs is 3. The number of ether oxygens (including phenoxy) is 3. The van der Waals surface area contributed by atoms with Gasteiger partial charge in [-0.15, -0.1) is 0 Å². The van der Waals surface area contributed by atoms with Crippen LogP contribution in [0.15, 0.2) is 91.1 Å². The van der Waals surface area contributed by atoms with Crippen LogP contribution in [0.4, 0.5) is 9.59 Å². The minimum atomic E-state index is -1.06. The van der Waals surface area contributed by atoms with Crippen LogP contribution in [0, 0.1) is 11.8 Å². The van der Waals surface area contributed by atoms with Gasteiger partial charge < -0.3 is 39.7 Å². The van der Waals surface area contributed by atoms with Crippen LogP contribution in [0.25, 0.3) is 44.2 Å². The van der Waals surface area contributed by atoms with Crippen molar-refractivity contribution in [2.24, 2.45) is 11.8 Å². The fourth-order valence-electron chi connectivity index (χ4n) is 9.00. The van der Waals surface area contributed by atoms with Gasteiger partial charge in [0.15, 0.2) is 5.78 Å². The van der Waals surface area contributed by atoms with E-state index >= 15 is 0 Å². The number of hydrogen-bond donors (Lipinski definition) is 5. The Morgan fingerprint density at radius 1 is 0.871 bits per heavy atom. The fraction of sp³-hybridized carbons (Fsp3) is 0.362. The summed E-state index contributed by atoms with van der Waals surface area (Å²) in [5.74, 6) is 0.693. The molecule has 0 aliphatic carbocycles. The van der Waals surface area contributed by atoms with E-state index in [2.05, 4.69) is 62.3 Å². The van der Waals surface area contributed by atoms with Crippen LogP contribution in [0.5, 0.6) is 0 Å². The van der Waals surface area contributed by atoms with Crippen LogP contribution in [0.1, 0.15) is 62.4 Å². The second-order valence-electron chi connectivity index (χ2n) is 16.4. The van der Waals surface area contributed by atoms with E-state index < -0.39 is 29.8 Å². The number of Topliss-reactive ketones (excluding diaryl/α,β-unsaturated/α-hetero) is 1. The van der Waals surface area contributed by atoms with Gasteiger partial charge in [0.05, 0.1) is 55.8 Å². The van der Waals surface area contributed by atoms with Crippen molar-refractivity contribution in [1.29, 1.82) is 0 Å². The van der Waals surface area contributed by atoms with Gasteiger partial charge in [-0.25, -0.2) is 19.6 Å². The van der Waals surface area contributed by atoms with E-state index in [0.29, 0.717) is 49.8 Å². The molecular formula is C47H52N8O7. The number of nitrogens with zero attached hydrogens (tertiary/aromatic N) is 3. The highest BCUT2D eigenvalue weighted by molar-refractivity contribution is 6.05. The third kappa shape index (κ3) is 8.12. The van der Waals surface area contributed by atoms with E-state index in [1.54, 1.807) is 18.2 Å². The third-order valence-electron chi connectivity index (χ3n) is 12.2. The standard InChI is InChI=1S/C47H52N8O7/c1-27(2)38(53-45(58)61-4)41(56)47(20-9-21-49-47)44-48-24-36(51-44)30-14-12-29(13-15-30)32-16-18-34-33(23-32)17-19-35-40(34)52-42(50-35)37-22-28(26-60-3)25-55(37)43(57)39(54-46(59)62-5)31-10-7-6-8-11-31/h6-8,10-19,23-24,27-28,37-39,49H,9,20-22,25-26H2,1-5H3,(H,48,51)(H,50,52)(H,53,58)(H,54,59)/t28-,37-,38-,39+,47+/m0/s1. The molecule has 0 radical (unpaired) electrons. The van der Waals surface area contributed by atoms with Crippen molar-refractivity contribution >= 4 is 45.7 Å².